The number of nitrogens with two attached hydrogens (primary N) is 1. The Morgan fingerprint density at radius 2 is 2.47 bits per heavy atom. The van der Waals surface area contributed by atoms with Crippen LogP contribution in [0.4, 0.5) is 0 Å². The topological polar surface area (TPSA) is 66.6 Å². The molecule has 1 atom stereocenters. The highest BCUT2D eigenvalue weighted by atomic mass is 32.1. The predicted molar refractivity (Wildman–Crippen MR) is 76.0 cm³/mol. The maximum Gasteiger partial charge on any atom is 0.254 e. The lowest BCUT2D eigenvalue weighted by molar-refractivity contribution is 0.0785. The number of amides is 1. The fourth-order valence-corrected chi connectivity index (χ4v) is 3.02. The van der Waals surface area contributed by atoms with Crippen LogP contribution in [0.15, 0.2) is 11.4 Å². The summed E-state index contributed by atoms with van der Waals surface area (Å²) in [6.07, 6.45) is 1.76. The molecule has 2 rings (SSSR count). The van der Waals surface area contributed by atoms with Crippen LogP contribution >= 0.6 is 11.3 Å². The van der Waals surface area contributed by atoms with Gasteiger partial charge in [-0.05, 0) is 24.8 Å². The first-order valence-electron chi connectivity index (χ1n) is 6.42. The first kappa shape index (κ1) is 14.1. The van der Waals surface area contributed by atoms with E-state index in [0.717, 1.165) is 30.8 Å². The van der Waals surface area contributed by atoms with Crippen molar-refractivity contribution in [3.63, 3.8) is 0 Å². The summed E-state index contributed by atoms with van der Waals surface area (Å²) >= 11 is 1.47. The Kier molecular flexibility index (Phi) is 4.97. The molecule has 19 heavy (non-hydrogen) atoms. The highest BCUT2D eigenvalue weighted by molar-refractivity contribution is 7.10. The van der Waals surface area contributed by atoms with E-state index in [2.05, 4.69) is 11.8 Å². The zero-order valence-corrected chi connectivity index (χ0v) is 11.6. The van der Waals surface area contributed by atoms with Gasteiger partial charge in [0.15, 0.2) is 0 Å². The fraction of sp³-hybridized carbons (Fsp3) is 0.500. The molecule has 0 aliphatic carbocycles. The molecule has 0 saturated carbocycles. The Balaban J connectivity index is 1.98. The lowest BCUT2D eigenvalue weighted by Gasteiger charge is -2.15. The van der Waals surface area contributed by atoms with Gasteiger partial charge < -0.3 is 15.7 Å². The summed E-state index contributed by atoms with van der Waals surface area (Å²) < 4.78 is 0. The molecule has 1 aromatic rings. The summed E-state index contributed by atoms with van der Waals surface area (Å²) in [5.74, 6) is 6.23. The third-order valence-electron chi connectivity index (χ3n) is 3.27. The minimum absolute atomic E-state index is 0.0671. The lowest BCUT2D eigenvalue weighted by Crippen LogP contribution is -2.28. The number of rotatable bonds is 3. The molecule has 4 nitrogen and oxygen atoms in total. The van der Waals surface area contributed by atoms with Gasteiger partial charge >= 0.3 is 0 Å². The summed E-state index contributed by atoms with van der Waals surface area (Å²) in [6.45, 7) is 2.06. The predicted octanol–water partition coefficient (Wildman–Crippen LogP) is 0.903. The van der Waals surface area contributed by atoms with Crippen molar-refractivity contribution in [3.8, 4) is 11.8 Å². The number of aliphatic hydroxyl groups excluding tert-OH is 1. The second kappa shape index (κ2) is 6.71. The Morgan fingerprint density at radius 3 is 3.21 bits per heavy atom. The number of aliphatic hydroxyl groups is 1. The van der Waals surface area contributed by atoms with Crippen molar-refractivity contribution in [3.05, 3.63) is 21.9 Å². The molecule has 0 bridgehead atoms. The van der Waals surface area contributed by atoms with Gasteiger partial charge in [-0.2, -0.15) is 0 Å². The monoisotopic (exact) mass is 278 g/mol. The first-order chi connectivity index (χ1) is 9.24. The van der Waals surface area contributed by atoms with Crippen LogP contribution in [0.3, 0.4) is 0 Å². The van der Waals surface area contributed by atoms with Crippen LogP contribution in [0.1, 0.15) is 28.1 Å². The Morgan fingerprint density at radius 1 is 1.63 bits per heavy atom. The summed E-state index contributed by atoms with van der Waals surface area (Å²) in [6, 6.07) is 1.83. The highest BCUT2D eigenvalue weighted by Gasteiger charge is 2.26. The van der Waals surface area contributed by atoms with Crippen LogP contribution in [0, 0.1) is 17.8 Å². The molecule has 1 saturated heterocycles. The van der Waals surface area contributed by atoms with E-state index in [1.165, 1.54) is 11.3 Å². The van der Waals surface area contributed by atoms with Gasteiger partial charge in [-0.25, -0.2) is 0 Å². The third-order valence-corrected chi connectivity index (χ3v) is 4.12. The minimum atomic E-state index is 0.0671. The Hall–Kier alpha value is -1.35. The first-order valence-corrected chi connectivity index (χ1v) is 7.30. The van der Waals surface area contributed by atoms with E-state index < -0.39 is 0 Å². The van der Waals surface area contributed by atoms with Gasteiger partial charge in [0.2, 0.25) is 0 Å². The van der Waals surface area contributed by atoms with Crippen LogP contribution in [0.25, 0.3) is 0 Å². The quantitative estimate of drug-likeness (QED) is 0.807. The van der Waals surface area contributed by atoms with E-state index in [0.29, 0.717) is 18.0 Å². The minimum Gasteiger partial charge on any atom is -0.396 e. The number of thiophene rings is 1. The standard InChI is InChI=1S/C14H18N2O2S/c15-5-1-2-13-8-12(10-19-13)14(18)16-6-3-11(9-16)4-7-17/h8,10-11,17H,3-7,9,15H2. The molecular weight excluding hydrogens is 260 g/mol. The van der Waals surface area contributed by atoms with E-state index in [-0.39, 0.29) is 12.5 Å². The van der Waals surface area contributed by atoms with Crippen LogP contribution in [0.5, 0.6) is 0 Å². The van der Waals surface area contributed by atoms with Crippen molar-refractivity contribution in [1.82, 2.24) is 4.90 Å². The maximum absolute atomic E-state index is 12.3. The number of nitrogens with zero attached hydrogens (tertiary/aromatic N) is 1. The zero-order valence-electron chi connectivity index (χ0n) is 10.8. The van der Waals surface area contributed by atoms with Gasteiger partial charge in [-0.3, -0.25) is 4.79 Å². The molecule has 102 valence electrons. The summed E-state index contributed by atoms with van der Waals surface area (Å²) in [5, 5.41) is 10.8. The molecule has 0 radical (unpaired) electrons. The van der Waals surface area contributed by atoms with Gasteiger partial charge in [0.1, 0.15) is 0 Å². The normalized spacial score (nSPS) is 18.2. The Labute approximate surface area is 117 Å². The van der Waals surface area contributed by atoms with Crippen molar-refractivity contribution < 1.29 is 9.90 Å². The summed E-state index contributed by atoms with van der Waals surface area (Å²) in [4.78, 5) is 15.0. The average molecular weight is 278 g/mol. The SMILES string of the molecule is NCC#Cc1cc(C(=O)N2CCC(CCO)C2)cs1. The molecule has 1 fully saturated rings. The van der Waals surface area contributed by atoms with E-state index >= 15 is 0 Å². The summed E-state index contributed by atoms with van der Waals surface area (Å²) in [7, 11) is 0. The van der Waals surface area contributed by atoms with Gasteiger partial charge in [0.05, 0.1) is 17.0 Å². The molecule has 1 unspecified atom stereocenters. The van der Waals surface area contributed by atoms with Crippen molar-refractivity contribution >= 4 is 17.2 Å². The van der Waals surface area contributed by atoms with E-state index in [9.17, 15) is 4.79 Å². The third kappa shape index (κ3) is 3.57. The molecule has 2 heterocycles. The second-order valence-electron chi connectivity index (χ2n) is 4.62. The average Bonchev–Trinajstić information content (AvgIpc) is 3.05. The van der Waals surface area contributed by atoms with E-state index in [1.807, 2.05) is 16.3 Å². The van der Waals surface area contributed by atoms with Gasteiger partial charge in [0.25, 0.3) is 5.91 Å². The number of carbonyl (C=O) groups is 1. The number of hydrogen-bond acceptors (Lipinski definition) is 4. The fourth-order valence-electron chi connectivity index (χ4n) is 2.27. The molecular formula is C14H18N2O2S. The van der Waals surface area contributed by atoms with Crippen LogP contribution < -0.4 is 5.73 Å². The van der Waals surface area contributed by atoms with Crippen LogP contribution in [-0.4, -0.2) is 42.2 Å². The lowest BCUT2D eigenvalue weighted by atomic mass is 10.1. The highest BCUT2D eigenvalue weighted by Crippen LogP contribution is 2.23. The maximum atomic E-state index is 12.3. The van der Waals surface area contributed by atoms with Gasteiger partial charge in [-0.15, -0.1) is 11.3 Å². The molecule has 0 spiro atoms. The van der Waals surface area contributed by atoms with Gasteiger partial charge in [0, 0.05) is 25.1 Å². The number of likely N-dealkylation sites (tertiary alicyclic amines) is 1. The number of hydrogen-bond donors (Lipinski definition) is 2. The molecule has 3 N–H and O–H groups in total. The van der Waals surface area contributed by atoms with Gasteiger partial charge in [-0.1, -0.05) is 11.8 Å². The van der Waals surface area contributed by atoms with E-state index in [1.54, 1.807) is 0 Å². The van der Waals surface area contributed by atoms with Crippen LogP contribution in [0.2, 0.25) is 0 Å². The van der Waals surface area contributed by atoms with Crippen molar-refractivity contribution in [2.24, 2.45) is 11.7 Å². The molecule has 1 aliphatic heterocycles. The van der Waals surface area contributed by atoms with Crippen molar-refractivity contribution in [1.29, 1.82) is 0 Å². The molecule has 0 aromatic carbocycles. The smallest absolute Gasteiger partial charge is 0.254 e. The van der Waals surface area contributed by atoms with Crippen molar-refractivity contribution in [2.45, 2.75) is 12.8 Å². The van der Waals surface area contributed by atoms with Crippen molar-refractivity contribution in [2.75, 3.05) is 26.2 Å². The largest absolute Gasteiger partial charge is 0.396 e. The number of carbonyl (C=O) groups excluding carboxylic acids is 1. The zero-order chi connectivity index (χ0) is 13.7. The molecule has 1 aliphatic rings. The Bertz CT molecular complexity index is 501. The summed E-state index contributed by atoms with van der Waals surface area (Å²) in [5.41, 5.74) is 6.03. The van der Waals surface area contributed by atoms with E-state index in [4.69, 9.17) is 10.8 Å². The molecule has 1 amide bonds. The molecule has 1 aromatic heterocycles. The molecule has 5 heteroatoms. The second-order valence-corrected chi connectivity index (χ2v) is 5.53. The van der Waals surface area contributed by atoms with Crippen LogP contribution in [-0.2, 0) is 0 Å².